The summed E-state index contributed by atoms with van der Waals surface area (Å²) in [5.74, 6) is -4.23. The number of rotatable bonds is 11. The average Bonchev–Trinajstić information content (AvgIpc) is 2.84. The number of hydrogen-bond donors (Lipinski definition) is 4. The number of nitro benzene ring substituents is 1. The number of aliphatic hydroxyl groups excluding tert-OH is 1. The maximum atomic E-state index is 12.8. The lowest BCUT2D eigenvalue weighted by molar-refractivity contribution is -0.386. The van der Waals surface area contributed by atoms with Gasteiger partial charge in [0.15, 0.2) is 11.6 Å². The summed E-state index contributed by atoms with van der Waals surface area (Å²) >= 11 is 0. The zero-order valence-corrected chi connectivity index (χ0v) is 19.7. The van der Waals surface area contributed by atoms with Crippen LogP contribution in [0, 0.1) is 10.1 Å². The highest BCUT2D eigenvalue weighted by molar-refractivity contribution is 7.58. The lowest BCUT2D eigenvalue weighted by Crippen LogP contribution is -2.42. The highest BCUT2D eigenvalue weighted by Crippen LogP contribution is 2.56. The smallest absolute Gasteiger partial charge is 0.408 e. The summed E-state index contributed by atoms with van der Waals surface area (Å²) in [6.07, 6.45) is -2.07. The molecule has 0 bridgehead atoms. The molecule has 0 heterocycles. The van der Waals surface area contributed by atoms with Crippen LogP contribution >= 0.6 is 7.37 Å². The van der Waals surface area contributed by atoms with Gasteiger partial charge in [-0.2, -0.15) is 0 Å². The Bertz CT molecular complexity index is 1110. The Balaban J connectivity index is 2.11. The molecule has 2 aromatic carbocycles. The van der Waals surface area contributed by atoms with Gasteiger partial charge in [-0.1, -0.05) is 30.3 Å². The van der Waals surface area contributed by atoms with Crippen LogP contribution in [0.25, 0.3) is 0 Å². The molecule has 0 fully saturated rings. The van der Waals surface area contributed by atoms with Gasteiger partial charge in [0, 0.05) is 17.8 Å². The summed E-state index contributed by atoms with van der Waals surface area (Å²) in [7, 11) is -2.35. The van der Waals surface area contributed by atoms with E-state index in [9.17, 15) is 39.4 Å². The van der Waals surface area contributed by atoms with Crippen molar-refractivity contribution in [2.24, 2.45) is 0 Å². The molecule has 0 aromatic heterocycles. The monoisotopic (exact) mass is 512 g/mol. The Kier molecular flexibility index (Phi) is 9.58. The molecule has 2 aromatic rings. The van der Waals surface area contributed by atoms with Crippen LogP contribution in [0.1, 0.15) is 23.4 Å². The molecule has 3 unspecified atom stereocenters. The fraction of sp³-hybridized carbons (Fsp3) is 0.333. The summed E-state index contributed by atoms with van der Waals surface area (Å²) in [4.78, 5) is 44.8. The highest BCUT2D eigenvalue weighted by Gasteiger charge is 2.35. The molecule has 2 rings (SSSR count). The summed E-state index contributed by atoms with van der Waals surface area (Å²) in [6.45, 7) is -0.0841. The van der Waals surface area contributed by atoms with Gasteiger partial charge in [-0.05, 0) is 18.1 Å². The quantitative estimate of drug-likeness (QED) is 0.149. The minimum Gasteiger partial charge on any atom is -0.500 e. The fourth-order valence-electron chi connectivity index (χ4n) is 3.03. The Morgan fingerprint density at radius 2 is 1.86 bits per heavy atom. The van der Waals surface area contributed by atoms with E-state index in [2.05, 4.69) is 10.1 Å². The maximum absolute atomic E-state index is 12.8. The second-order valence-corrected chi connectivity index (χ2v) is 9.72. The van der Waals surface area contributed by atoms with Crippen LogP contribution in [0.5, 0.6) is 11.5 Å². The first-order valence-corrected chi connectivity index (χ1v) is 12.0. The first kappa shape index (κ1) is 27.6. The van der Waals surface area contributed by atoms with Crippen molar-refractivity contribution in [3.8, 4) is 11.5 Å². The molecular weight excluding hydrogens is 487 g/mol. The van der Waals surface area contributed by atoms with E-state index in [-0.39, 0.29) is 17.9 Å². The molecule has 35 heavy (non-hydrogen) atoms. The molecule has 0 spiro atoms. The predicted molar refractivity (Wildman–Crippen MR) is 121 cm³/mol. The van der Waals surface area contributed by atoms with Crippen LogP contribution in [-0.2, 0) is 25.4 Å². The first-order chi connectivity index (χ1) is 16.5. The molecule has 0 radical (unpaired) electrons. The molecular formula is C21H25N2O11P. The minimum absolute atomic E-state index is 0.0841. The molecule has 1 amide bonds. The van der Waals surface area contributed by atoms with Crippen molar-refractivity contribution in [1.82, 2.24) is 5.32 Å². The Labute approximate surface area is 199 Å². The van der Waals surface area contributed by atoms with E-state index in [1.165, 1.54) is 0 Å². The van der Waals surface area contributed by atoms with Crippen molar-refractivity contribution in [2.75, 3.05) is 20.4 Å². The zero-order chi connectivity index (χ0) is 26.2. The van der Waals surface area contributed by atoms with Crippen LogP contribution in [0.3, 0.4) is 0 Å². The van der Waals surface area contributed by atoms with E-state index in [1.807, 2.05) is 0 Å². The van der Waals surface area contributed by atoms with Crippen molar-refractivity contribution in [3.05, 3.63) is 63.7 Å². The van der Waals surface area contributed by atoms with Crippen molar-refractivity contribution >= 4 is 25.1 Å². The number of aliphatic hydroxyl groups is 1. The largest absolute Gasteiger partial charge is 0.500 e. The number of phenolic OH excluding ortho intramolecular Hbond substituents is 1. The minimum atomic E-state index is -4.52. The van der Waals surface area contributed by atoms with Crippen LogP contribution in [-0.4, -0.2) is 58.5 Å². The summed E-state index contributed by atoms with van der Waals surface area (Å²) in [5.41, 5.74) is -0.505. The number of aromatic hydroxyl groups is 1. The Morgan fingerprint density at radius 1 is 1.20 bits per heavy atom. The predicted octanol–water partition coefficient (Wildman–Crippen LogP) is 2.43. The van der Waals surface area contributed by atoms with Crippen LogP contribution in [0.15, 0.2) is 42.5 Å². The number of carbonyl (C=O) groups excluding carboxylic acids is 2. The molecule has 4 N–H and O–H groups in total. The number of nitrogens with one attached hydrogen (secondary N) is 1. The number of ether oxygens (including phenoxy) is 3. The summed E-state index contributed by atoms with van der Waals surface area (Å²) < 4.78 is 27.3. The third-order valence-corrected chi connectivity index (χ3v) is 6.86. The van der Waals surface area contributed by atoms with E-state index in [4.69, 9.17) is 9.47 Å². The third kappa shape index (κ3) is 7.41. The standard InChI is InChI=1S/C21H25N2O11P/c1-32-17-11-14(10-16(18(17)24)23(28)29)20(26)35(30,31)9-8-15(19(25)33-2)22-21(27)34-12-13-6-4-3-5-7-13/h3-7,10-11,15,20,24,26H,8-9,12H2,1-2H3,(H,22,27)(H,30,31). The average molecular weight is 512 g/mol. The number of phenols is 1. The van der Waals surface area contributed by atoms with E-state index < -0.39 is 60.3 Å². The molecule has 13 nitrogen and oxygen atoms in total. The fourth-order valence-corrected chi connectivity index (χ4v) is 4.51. The number of methoxy groups -OCH3 is 2. The van der Waals surface area contributed by atoms with Gasteiger partial charge in [0.25, 0.3) is 0 Å². The summed E-state index contributed by atoms with van der Waals surface area (Å²) in [6, 6.07) is 9.06. The second-order valence-electron chi connectivity index (χ2n) is 7.27. The van der Waals surface area contributed by atoms with E-state index in [1.54, 1.807) is 30.3 Å². The number of nitrogens with zero attached hydrogens (tertiary/aromatic N) is 1. The number of nitro groups is 1. The lowest BCUT2D eigenvalue weighted by Gasteiger charge is -2.22. The van der Waals surface area contributed by atoms with Gasteiger partial charge < -0.3 is 34.6 Å². The molecule has 0 aliphatic heterocycles. The number of hydrogen-bond acceptors (Lipinski definition) is 10. The zero-order valence-electron chi connectivity index (χ0n) is 18.8. The van der Waals surface area contributed by atoms with Crippen molar-refractivity contribution < 1.29 is 48.4 Å². The van der Waals surface area contributed by atoms with Crippen molar-refractivity contribution in [1.29, 1.82) is 0 Å². The van der Waals surface area contributed by atoms with Gasteiger partial charge in [0.2, 0.25) is 13.1 Å². The van der Waals surface area contributed by atoms with Gasteiger partial charge in [0.1, 0.15) is 12.6 Å². The molecule has 190 valence electrons. The van der Waals surface area contributed by atoms with Gasteiger partial charge >= 0.3 is 17.7 Å². The van der Waals surface area contributed by atoms with Crippen LogP contribution < -0.4 is 10.1 Å². The van der Waals surface area contributed by atoms with Crippen LogP contribution in [0.4, 0.5) is 10.5 Å². The normalized spacial score (nSPS) is 14.2. The van der Waals surface area contributed by atoms with E-state index >= 15 is 0 Å². The van der Waals surface area contributed by atoms with Gasteiger partial charge in [-0.25, -0.2) is 9.59 Å². The molecule has 0 saturated heterocycles. The molecule has 0 aliphatic rings. The van der Waals surface area contributed by atoms with Gasteiger partial charge in [0.05, 0.1) is 19.1 Å². The maximum Gasteiger partial charge on any atom is 0.408 e. The van der Waals surface area contributed by atoms with E-state index in [0.29, 0.717) is 5.56 Å². The first-order valence-electron chi connectivity index (χ1n) is 10.1. The SMILES string of the molecule is COC(=O)C(CCP(=O)(O)C(O)c1cc(OC)c(O)c([N+](=O)[O-])c1)NC(=O)OCc1ccccc1. The molecule has 14 heteroatoms. The lowest BCUT2D eigenvalue weighted by atomic mass is 10.2. The molecule has 3 atom stereocenters. The molecule has 0 aliphatic carbocycles. The van der Waals surface area contributed by atoms with Crippen molar-refractivity contribution in [3.63, 3.8) is 0 Å². The van der Waals surface area contributed by atoms with Crippen LogP contribution in [0.2, 0.25) is 0 Å². The third-order valence-electron chi connectivity index (χ3n) is 4.90. The number of benzene rings is 2. The topological polar surface area (TPSA) is 195 Å². The number of amides is 1. The van der Waals surface area contributed by atoms with E-state index in [0.717, 1.165) is 26.4 Å². The van der Waals surface area contributed by atoms with Gasteiger partial charge in [-0.3, -0.25) is 14.7 Å². The highest BCUT2D eigenvalue weighted by atomic mass is 31.2. The molecule has 0 saturated carbocycles. The summed E-state index contributed by atoms with van der Waals surface area (Å²) in [5, 5.41) is 33.7. The van der Waals surface area contributed by atoms with Gasteiger partial charge in [-0.15, -0.1) is 0 Å². The number of esters is 1. The second kappa shape index (κ2) is 12.2. The number of carbonyl (C=O) groups is 2. The Morgan fingerprint density at radius 3 is 2.43 bits per heavy atom. The Hall–Kier alpha value is -3.67. The van der Waals surface area contributed by atoms with Crippen molar-refractivity contribution in [2.45, 2.75) is 24.9 Å². The number of alkyl carbamates (subject to hydrolysis) is 1.